The highest BCUT2D eigenvalue weighted by Crippen LogP contribution is 2.40. The van der Waals surface area contributed by atoms with Crippen LogP contribution in [0, 0.1) is 5.92 Å². The van der Waals surface area contributed by atoms with Crippen LogP contribution >= 0.6 is 0 Å². The summed E-state index contributed by atoms with van der Waals surface area (Å²) in [5, 5.41) is 10.7. The summed E-state index contributed by atoms with van der Waals surface area (Å²) in [4.78, 5) is 27.6. The van der Waals surface area contributed by atoms with Gasteiger partial charge in [-0.25, -0.2) is 0 Å². The summed E-state index contributed by atoms with van der Waals surface area (Å²) >= 11 is 0. The minimum Gasteiger partial charge on any atom is -0.511 e. The molecular weight excluding hydrogens is 314 g/mol. The Kier molecular flexibility index (Phi) is 5.57. The van der Waals surface area contributed by atoms with Gasteiger partial charge in [0, 0.05) is 24.1 Å². The van der Waals surface area contributed by atoms with Gasteiger partial charge in [-0.15, -0.1) is 0 Å². The van der Waals surface area contributed by atoms with Crippen molar-refractivity contribution in [3.05, 3.63) is 41.7 Å². The van der Waals surface area contributed by atoms with Crippen LogP contribution < -0.4 is 4.90 Å². The van der Waals surface area contributed by atoms with Gasteiger partial charge in [-0.05, 0) is 31.4 Å². The molecule has 25 heavy (non-hydrogen) atoms. The number of anilines is 1. The number of carbonyl (C=O) groups excluding carboxylic acids is 2. The molecule has 1 aromatic rings. The zero-order valence-corrected chi connectivity index (χ0v) is 14.9. The summed E-state index contributed by atoms with van der Waals surface area (Å²) in [6.45, 7) is 2.08. The van der Waals surface area contributed by atoms with E-state index in [-0.39, 0.29) is 35.0 Å². The maximum atomic E-state index is 13.2. The molecule has 1 saturated carbocycles. The fourth-order valence-electron chi connectivity index (χ4n) is 4.13. The Hall–Kier alpha value is -2.10. The van der Waals surface area contributed by atoms with Crippen molar-refractivity contribution in [2.75, 3.05) is 4.90 Å². The lowest BCUT2D eigenvalue weighted by Gasteiger charge is -2.43. The third-order valence-electron chi connectivity index (χ3n) is 5.42. The van der Waals surface area contributed by atoms with Crippen molar-refractivity contribution < 1.29 is 14.7 Å². The van der Waals surface area contributed by atoms with E-state index in [1.807, 2.05) is 30.3 Å². The number of hydrogen-bond acceptors (Lipinski definition) is 3. The molecule has 2 aliphatic rings. The van der Waals surface area contributed by atoms with Crippen LogP contribution in [0.4, 0.5) is 5.69 Å². The lowest BCUT2D eigenvalue weighted by atomic mass is 9.77. The highest BCUT2D eigenvalue weighted by molar-refractivity contribution is 6.25. The van der Waals surface area contributed by atoms with Crippen LogP contribution in [0.2, 0.25) is 0 Å². The fraction of sp³-hybridized carbons (Fsp3) is 0.524. The first-order valence-corrected chi connectivity index (χ1v) is 9.50. The number of unbranched alkanes of at least 4 members (excludes halogenated alkanes) is 2. The smallest absolute Gasteiger partial charge is 0.265 e. The van der Waals surface area contributed by atoms with Crippen molar-refractivity contribution in [1.29, 1.82) is 0 Å². The number of para-hydroxylation sites is 1. The second-order valence-electron chi connectivity index (χ2n) is 7.11. The van der Waals surface area contributed by atoms with Gasteiger partial charge in [0.1, 0.15) is 11.3 Å². The summed E-state index contributed by atoms with van der Waals surface area (Å²) in [7, 11) is 0. The third kappa shape index (κ3) is 3.48. The molecule has 4 heteroatoms. The van der Waals surface area contributed by atoms with E-state index in [9.17, 15) is 14.7 Å². The number of amides is 1. The monoisotopic (exact) mass is 341 g/mol. The van der Waals surface area contributed by atoms with Gasteiger partial charge in [0.05, 0.1) is 0 Å². The highest BCUT2D eigenvalue weighted by atomic mass is 16.3. The molecule has 0 aromatic heterocycles. The quantitative estimate of drug-likeness (QED) is 0.610. The van der Waals surface area contributed by atoms with Crippen LogP contribution in [0.3, 0.4) is 0 Å². The molecule has 1 fully saturated rings. The molecule has 1 aliphatic carbocycles. The van der Waals surface area contributed by atoms with Gasteiger partial charge in [-0.2, -0.15) is 0 Å². The topological polar surface area (TPSA) is 57.6 Å². The van der Waals surface area contributed by atoms with Gasteiger partial charge in [-0.1, -0.05) is 50.8 Å². The largest absolute Gasteiger partial charge is 0.511 e. The summed E-state index contributed by atoms with van der Waals surface area (Å²) in [6, 6.07) is 9.50. The number of rotatable bonds is 6. The third-order valence-corrected chi connectivity index (χ3v) is 5.42. The lowest BCUT2D eigenvalue weighted by Crippen LogP contribution is -2.52. The predicted molar refractivity (Wildman–Crippen MR) is 98.5 cm³/mol. The van der Waals surface area contributed by atoms with Gasteiger partial charge >= 0.3 is 0 Å². The molecule has 134 valence electrons. The van der Waals surface area contributed by atoms with Crippen LogP contribution in [0.1, 0.15) is 58.3 Å². The van der Waals surface area contributed by atoms with E-state index in [4.69, 9.17) is 0 Å². The van der Waals surface area contributed by atoms with Crippen LogP contribution in [0.25, 0.3) is 0 Å². The maximum absolute atomic E-state index is 13.2. The van der Waals surface area contributed by atoms with Crippen LogP contribution in [-0.2, 0) is 9.59 Å². The molecule has 2 unspecified atom stereocenters. The summed E-state index contributed by atoms with van der Waals surface area (Å²) in [5.41, 5.74) is 0.846. The Morgan fingerprint density at radius 1 is 1.16 bits per heavy atom. The Balaban J connectivity index is 1.96. The molecule has 0 radical (unpaired) electrons. The molecule has 4 nitrogen and oxygen atoms in total. The van der Waals surface area contributed by atoms with Crippen LogP contribution in [0.5, 0.6) is 0 Å². The van der Waals surface area contributed by atoms with Crippen LogP contribution in [0.15, 0.2) is 41.7 Å². The number of fused-ring (bicyclic) bond motifs is 1. The maximum Gasteiger partial charge on any atom is 0.265 e. The number of carbonyl (C=O) groups is 2. The molecule has 1 aliphatic heterocycles. The van der Waals surface area contributed by atoms with E-state index < -0.39 is 0 Å². The second kappa shape index (κ2) is 7.85. The normalized spacial score (nSPS) is 23.6. The number of aliphatic hydroxyl groups is 1. The van der Waals surface area contributed by atoms with E-state index in [1.165, 1.54) is 0 Å². The van der Waals surface area contributed by atoms with Gasteiger partial charge < -0.3 is 10.0 Å². The number of Topliss-reactive ketones (excluding diaryl/α,β-unsaturated/α-hetero) is 1. The summed E-state index contributed by atoms with van der Waals surface area (Å²) in [6.07, 6.45) is 6.85. The van der Waals surface area contributed by atoms with Gasteiger partial charge in [0.15, 0.2) is 5.78 Å². The van der Waals surface area contributed by atoms with Crippen molar-refractivity contribution in [3.8, 4) is 0 Å². The number of nitrogens with zero attached hydrogens (tertiary/aromatic N) is 1. The van der Waals surface area contributed by atoms with Gasteiger partial charge in [-0.3, -0.25) is 9.59 Å². The number of ketones is 1. The molecule has 1 heterocycles. The average Bonchev–Trinajstić information content (AvgIpc) is 2.63. The van der Waals surface area contributed by atoms with Crippen molar-refractivity contribution in [1.82, 2.24) is 0 Å². The minimum atomic E-state index is -0.326. The zero-order valence-electron chi connectivity index (χ0n) is 14.9. The first-order chi connectivity index (χ1) is 12.1. The lowest BCUT2D eigenvalue weighted by molar-refractivity contribution is -0.123. The molecule has 0 spiro atoms. The Morgan fingerprint density at radius 3 is 2.60 bits per heavy atom. The van der Waals surface area contributed by atoms with E-state index >= 15 is 0 Å². The number of benzene rings is 1. The standard InChI is InChI=1S/C21H27NO3/c1-2-3-5-14-18(23)19-20(24)16-12-8-9-13-17(16)22(21(19)25)15-10-6-4-7-11-15/h4,6-7,10-11,16-17,24H,2-3,5,8-9,12-14H2,1H3. The Morgan fingerprint density at radius 2 is 1.88 bits per heavy atom. The first-order valence-electron chi connectivity index (χ1n) is 9.50. The van der Waals surface area contributed by atoms with Crippen molar-refractivity contribution in [2.24, 2.45) is 5.92 Å². The van der Waals surface area contributed by atoms with Crippen molar-refractivity contribution in [3.63, 3.8) is 0 Å². The molecule has 3 rings (SSSR count). The molecule has 2 atom stereocenters. The van der Waals surface area contributed by atoms with E-state index in [2.05, 4.69) is 6.92 Å². The number of hydrogen-bond donors (Lipinski definition) is 1. The Labute approximate surface area is 149 Å². The average molecular weight is 341 g/mol. The molecule has 0 bridgehead atoms. The summed E-state index contributed by atoms with van der Waals surface area (Å²) in [5.74, 6) is -0.602. The van der Waals surface area contributed by atoms with E-state index in [0.717, 1.165) is 50.6 Å². The minimum absolute atomic E-state index is 0.0307. The van der Waals surface area contributed by atoms with Crippen molar-refractivity contribution >= 4 is 17.4 Å². The predicted octanol–water partition coefficient (Wildman–Crippen LogP) is 4.55. The highest BCUT2D eigenvalue weighted by Gasteiger charge is 2.45. The van der Waals surface area contributed by atoms with E-state index in [1.54, 1.807) is 4.90 Å². The zero-order chi connectivity index (χ0) is 17.8. The summed E-state index contributed by atoms with van der Waals surface area (Å²) < 4.78 is 0. The van der Waals surface area contributed by atoms with Crippen molar-refractivity contribution in [2.45, 2.75) is 64.3 Å². The first kappa shape index (κ1) is 17.7. The van der Waals surface area contributed by atoms with E-state index in [0.29, 0.717) is 6.42 Å². The second-order valence-corrected chi connectivity index (χ2v) is 7.11. The van der Waals surface area contributed by atoms with Gasteiger partial charge in [0.25, 0.3) is 5.91 Å². The molecule has 1 N–H and O–H groups in total. The molecular formula is C21H27NO3. The number of aliphatic hydroxyl groups excluding tert-OH is 1. The Bertz CT molecular complexity index is 665. The fourth-order valence-corrected chi connectivity index (χ4v) is 4.13. The molecule has 1 amide bonds. The molecule has 1 aromatic carbocycles. The van der Waals surface area contributed by atoms with Crippen LogP contribution in [-0.4, -0.2) is 22.8 Å². The SMILES string of the molecule is CCCCCC(=O)C1=C(O)C2CCCCC2N(c2ccccc2)C1=O. The molecule has 0 saturated heterocycles. The van der Waals surface area contributed by atoms with Gasteiger partial charge in [0.2, 0.25) is 0 Å².